The van der Waals surface area contributed by atoms with E-state index >= 15 is 0 Å². The highest BCUT2D eigenvalue weighted by molar-refractivity contribution is 5.42. The average molecular weight is 220 g/mol. The molecule has 0 fully saturated rings. The number of nitrogens with two attached hydrogens (primary N) is 1. The first-order valence-electron chi connectivity index (χ1n) is 5.04. The van der Waals surface area contributed by atoms with Crippen molar-refractivity contribution >= 4 is 5.69 Å². The number of rotatable bonds is 4. The molecule has 16 heavy (non-hydrogen) atoms. The van der Waals surface area contributed by atoms with Gasteiger partial charge in [0.05, 0.1) is 23.8 Å². The molecule has 0 saturated heterocycles. The highest BCUT2D eigenvalue weighted by Crippen LogP contribution is 2.11. The summed E-state index contributed by atoms with van der Waals surface area (Å²) in [6.07, 6.45) is 3.54. The summed E-state index contributed by atoms with van der Waals surface area (Å²) in [5, 5.41) is 7.27. The van der Waals surface area contributed by atoms with Crippen LogP contribution in [0, 0.1) is 5.82 Å². The fraction of sp³-hybridized carbons (Fsp3) is 0.182. The van der Waals surface area contributed by atoms with Gasteiger partial charge in [0.15, 0.2) is 0 Å². The molecule has 84 valence electrons. The van der Waals surface area contributed by atoms with E-state index in [2.05, 4.69) is 10.4 Å². The Balaban J connectivity index is 2.15. The Labute approximate surface area is 92.9 Å². The molecule has 2 aromatic rings. The van der Waals surface area contributed by atoms with Crippen molar-refractivity contribution in [1.29, 1.82) is 0 Å². The zero-order valence-corrected chi connectivity index (χ0v) is 8.73. The van der Waals surface area contributed by atoms with Crippen LogP contribution in [0.4, 0.5) is 10.1 Å². The molecule has 0 aliphatic rings. The van der Waals surface area contributed by atoms with Crippen LogP contribution in [-0.4, -0.2) is 22.9 Å². The van der Waals surface area contributed by atoms with Crippen LogP contribution < -0.4 is 11.1 Å². The third-order valence-electron chi connectivity index (χ3n) is 2.15. The Morgan fingerprint density at radius 3 is 2.75 bits per heavy atom. The fourth-order valence-corrected chi connectivity index (χ4v) is 1.37. The number of halogens is 1. The van der Waals surface area contributed by atoms with Gasteiger partial charge in [0.25, 0.3) is 0 Å². The maximum absolute atomic E-state index is 12.7. The van der Waals surface area contributed by atoms with Crippen LogP contribution >= 0.6 is 0 Å². The molecule has 0 saturated carbocycles. The SMILES string of the molecule is NCCNc1cnn(-c2ccc(F)cc2)c1. The van der Waals surface area contributed by atoms with Gasteiger partial charge < -0.3 is 11.1 Å². The summed E-state index contributed by atoms with van der Waals surface area (Å²) >= 11 is 0. The number of nitrogens with zero attached hydrogens (tertiary/aromatic N) is 2. The lowest BCUT2D eigenvalue weighted by atomic mass is 10.3. The van der Waals surface area contributed by atoms with Crippen LogP contribution in [0.5, 0.6) is 0 Å². The van der Waals surface area contributed by atoms with Crippen LogP contribution in [0.3, 0.4) is 0 Å². The van der Waals surface area contributed by atoms with Crippen LogP contribution in [0.25, 0.3) is 5.69 Å². The van der Waals surface area contributed by atoms with Crippen molar-refractivity contribution in [3.05, 3.63) is 42.5 Å². The minimum absolute atomic E-state index is 0.252. The topological polar surface area (TPSA) is 55.9 Å². The van der Waals surface area contributed by atoms with Gasteiger partial charge in [-0.25, -0.2) is 9.07 Å². The number of hydrogen-bond donors (Lipinski definition) is 2. The number of hydrogen-bond acceptors (Lipinski definition) is 3. The van der Waals surface area contributed by atoms with Gasteiger partial charge in [-0.05, 0) is 24.3 Å². The first-order chi connectivity index (χ1) is 7.79. The van der Waals surface area contributed by atoms with Gasteiger partial charge in [0, 0.05) is 13.1 Å². The highest BCUT2D eigenvalue weighted by Gasteiger charge is 2.00. The van der Waals surface area contributed by atoms with Crippen molar-refractivity contribution < 1.29 is 4.39 Å². The van der Waals surface area contributed by atoms with E-state index in [-0.39, 0.29) is 5.82 Å². The molecule has 0 atom stereocenters. The lowest BCUT2D eigenvalue weighted by molar-refractivity contribution is 0.627. The largest absolute Gasteiger partial charge is 0.381 e. The van der Waals surface area contributed by atoms with Gasteiger partial charge >= 0.3 is 0 Å². The van der Waals surface area contributed by atoms with Crippen LogP contribution in [0.2, 0.25) is 0 Å². The second-order valence-electron chi connectivity index (χ2n) is 3.37. The van der Waals surface area contributed by atoms with E-state index in [1.165, 1.54) is 12.1 Å². The molecule has 0 radical (unpaired) electrons. The summed E-state index contributed by atoms with van der Waals surface area (Å²) in [5.41, 5.74) is 7.10. The second kappa shape index (κ2) is 4.76. The summed E-state index contributed by atoms with van der Waals surface area (Å²) in [6.45, 7) is 1.27. The summed E-state index contributed by atoms with van der Waals surface area (Å²) in [4.78, 5) is 0. The Kier molecular flexibility index (Phi) is 3.16. The molecule has 1 aromatic carbocycles. The maximum atomic E-state index is 12.7. The maximum Gasteiger partial charge on any atom is 0.123 e. The van der Waals surface area contributed by atoms with E-state index in [4.69, 9.17) is 5.73 Å². The number of aromatic nitrogens is 2. The summed E-state index contributed by atoms with van der Waals surface area (Å²) in [6, 6.07) is 6.16. The van der Waals surface area contributed by atoms with Crippen molar-refractivity contribution in [2.45, 2.75) is 0 Å². The molecule has 0 aliphatic heterocycles. The number of anilines is 1. The van der Waals surface area contributed by atoms with Crippen molar-refractivity contribution in [1.82, 2.24) is 9.78 Å². The molecule has 4 nitrogen and oxygen atoms in total. The first kappa shape index (κ1) is 10.6. The van der Waals surface area contributed by atoms with E-state index in [0.29, 0.717) is 13.1 Å². The average Bonchev–Trinajstić information content (AvgIpc) is 2.76. The Bertz CT molecular complexity index is 449. The molecular formula is C11H13FN4. The van der Waals surface area contributed by atoms with Gasteiger partial charge in [-0.15, -0.1) is 0 Å². The van der Waals surface area contributed by atoms with Gasteiger partial charge in [0.2, 0.25) is 0 Å². The zero-order valence-electron chi connectivity index (χ0n) is 8.73. The predicted octanol–water partition coefficient (Wildman–Crippen LogP) is 1.38. The van der Waals surface area contributed by atoms with Crippen molar-refractivity contribution in [2.24, 2.45) is 5.73 Å². The number of nitrogens with one attached hydrogen (secondary N) is 1. The Morgan fingerprint density at radius 2 is 2.06 bits per heavy atom. The summed E-state index contributed by atoms with van der Waals surface area (Å²) < 4.78 is 14.4. The predicted molar refractivity (Wildman–Crippen MR) is 61.1 cm³/mol. The summed E-state index contributed by atoms with van der Waals surface area (Å²) in [5.74, 6) is -0.252. The summed E-state index contributed by atoms with van der Waals surface area (Å²) in [7, 11) is 0. The lowest BCUT2D eigenvalue weighted by Crippen LogP contribution is -2.12. The van der Waals surface area contributed by atoms with Crippen LogP contribution in [0.1, 0.15) is 0 Å². The van der Waals surface area contributed by atoms with E-state index in [9.17, 15) is 4.39 Å². The Hall–Kier alpha value is -1.88. The third kappa shape index (κ3) is 2.38. The van der Waals surface area contributed by atoms with Gasteiger partial charge in [-0.1, -0.05) is 0 Å². The fourth-order valence-electron chi connectivity index (χ4n) is 1.37. The molecular weight excluding hydrogens is 207 g/mol. The molecule has 3 N–H and O–H groups in total. The van der Waals surface area contributed by atoms with Crippen molar-refractivity contribution in [3.8, 4) is 5.69 Å². The molecule has 0 bridgehead atoms. The molecule has 5 heteroatoms. The van der Waals surface area contributed by atoms with Crippen molar-refractivity contribution in [2.75, 3.05) is 18.4 Å². The van der Waals surface area contributed by atoms with E-state index in [0.717, 1.165) is 11.4 Å². The standard InChI is InChI=1S/C11H13FN4/c12-9-1-3-11(4-2-9)16-8-10(7-15-16)14-6-5-13/h1-4,7-8,14H,5-6,13H2. The van der Waals surface area contributed by atoms with Gasteiger partial charge in [0.1, 0.15) is 5.82 Å². The lowest BCUT2D eigenvalue weighted by Gasteiger charge is -2.01. The van der Waals surface area contributed by atoms with Gasteiger partial charge in [-0.3, -0.25) is 0 Å². The normalized spacial score (nSPS) is 10.4. The molecule has 0 spiro atoms. The van der Waals surface area contributed by atoms with Crippen LogP contribution in [0.15, 0.2) is 36.7 Å². The molecule has 1 heterocycles. The molecule has 0 amide bonds. The molecule has 2 rings (SSSR count). The van der Waals surface area contributed by atoms with Crippen LogP contribution in [-0.2, 0) is 0 Å². The van der Waals surface area contributed by atoms with E-state index < -0.39 is 0 Å². The third-order valence-corrected chi connectivity index (χ3v) is 2.15. The monoisotopic (exact) mass is 220 g/mol. The van der Waals surface area contributed by atoms with Crippen molar-refractivity contribution in [3.63, 3.8) is 0 Å². The molecule has 0 unspecified atom stereocenters. The molecule has 1 aromatic heterocycles. The minimum atomic E-state index is -0.252. The highest BCUT2D eigenvalue weighted by atomic mass is 19.1. The second-order valence-corrected chi connectivity index (χ2v) is 3.37. The smallest absolute Gasteiger partial charge is 0.123 e. The number of benzene rings is 1. The molecule has 0 aliphatic carbocycles. The Morgan fingerprint density at radius 1 is 1.31 bits per heavy atom. The van der Waals surface area contributed by atoms with E-state index in [1.807, 2.05) is 6.20 Å². The first-order valence-corrected chi connectivity index (χ1v) is 5.04. The van der Waals surface area contributed by atoms with Gasteiger partial charge in [-0.2, -0.15) is 5.10 Å². The minimum Gasteiger partial charge on any atom is -0.381 e. The zero-order chi connectivity index (χ0) is 11.4. The van der Waals surface area contributed by atoms with E-state index in [1.54, 1.807) is 23.0 Å². The quantitative estimate of drug-likeness (QED) is 0.818.